The van der Waals surface area contributed by atoms with Gasteiger partial charge in [-0.25, -0.2) is 9.69 Å². The van der Waals surface area contributed by atoms with E-state index in [4.69, 9.17) is 0 Å². The molecule has 0 bridgehead atoms. The summed E-state index contributed by atoms with van der Waals surface area (Å²) in [5.41, 5.74) is 3.31. The number of hydrogen-bond acceptors (Lipinski definition) is 2. The van der Waals surface area contributed by atoms with Crippen LogP contribution in [0.3, 0.4) is 0 Å². The molecule has 3 aromatic rings. The van der Waals surface area contributed by atoms with Crippen molar-refractivity contribution in [2.24, 2.45) is 0 Å². The SMILES string of the molecule is Cc1cc(CBr)cc(CBr)c1C(=O)[P+](O)(c1ccccc1)c1ccccc1. The van der Waals surface area contributed by atoms with Crippen molar-refractivity contribution in [3.8, 4) is 0 Å². The van der Waals surface area contributed by atoms with E-state index in [0.29, 0.717) is 21.5 Å². The minimum absolute atomic E-state index is 0.201. The molecule has 0 spiro atoms. The maximum atomic E-state index is 13.8. The van der Waals surface area contributed by atoms with Crippen molar-refractivity contribution in [2.45, 2.75) is 17.6 Å². The summed E-state index contributed by atoms with van der Waals surface area (Å²) in [6.07, 6.45) is 0. The van der Waals surface area contributed by atoms with Crippen LogP contribution in [0, 0.1) is 6.92 Å². The monoisotopic (exact) mass is 505 g/mol. The first-order valence-corrected chi connectivity index (χ1v) is 12.5. The highest BCUT2D eigenvalue weighted by atomic mass is 79.9. The third-order valence-electron chi connectivity index (χ3n) is 4.54. The second-order valence-corrected chi connectivity index (χ2v) is 10.2. The summed E-state index contributed by atoms with van der Waals surface area (Å²) in [6.45, 7) is 1.94. The van der Waals surface area contributed by atoms with Gasteiger partial charge in [-0.2, -0.15) is 0 Å². The Hall–Kier alpha value is -1.32. The van der Waals surface area contributed by atoms with Crippen molar-refractivity contribution < 1.29 is 9.69 Å². The predicted molar refractivity (Wildman–Crippen MR) is 122 cm³/mol. The van der Waals surface area contributed by atoms with Crippen LogP contribution in [0.25, 0.3) is 0 Å². The summed E-state index contributed by atoms with van der Waals surface area (Å²) in [5, 5.41) is 2.62. The Morgan fingerprint density at radius 3 is 1.85 bits per heavy atom. The zero-order chi connectivity index (χ0) is 19.4. The molecule has 3 rings (SSSR count). The molecule has 0 fully saturated rings. The Labute approximate surface area is 177 Å². The van der Waals surface area contributed by atoms with Crippen LogP contribution >= 0.6 is 39.3 Å². The lowest BCUT2D eigenvalue weighted by Crippen LogP contribution is -2.29. The summed E-state index contributed by atoms with van der Waals surface area (Å²) >= 11 is 7.00. The first-order chi connectivity index (χ1) is 13.0. The first-order valence-electron chi connectivity index (χ1n) is 8.54. The van der Waals surface area contributed by atoms with Crippen LogP contribution in [0.1, 0.15) is 27.0 Å². The molecule has 0 unspecified atom stereocenters. The highest BCUT2D eigenvalue weighted by Gasteiger charge is 2.51. The molecule has 3 aromatic carbocycles. The number of halogens is 2. The van der Waals surface area contributed by atoms with E-state index in [-0.39, 0.29) is 5.52 Å². The van der Waals surface area contributed by atoms with Crippen molar-refractivity contribution in [3.05, 3.63) is 95.1 Å². The molecule has 5 heteroatoms. The quantitative estimate of drug-likeness (QED) is 0.354. The number of alkyl halides is 2. The Balaban J connectivity index is 2.25. The second kappa shape index (κ2) is 8.79. The van der Waals surface area contributed by atoms with Gasteiger partial charge in [0.1, 0.15) is 10.6 Å². The Kier molecular flexibility index (Phi) is 6.65. The molecule has 0 radical (unpaired) electrons. The van der Waals surface area contributed by atoms with Gasteiger partial charge in [0.25, 0.3) is 7.49 Å². The fraction of sp³-hybridized carbons (Fsp3) is 0.136. The molecule has 0 heterocycles. The molecular formula is C22H20Br2O2P+. The van der Waals surface area contributed by atoms with Crippen LogP contribution in [0.5, 0.6) is 0 Å². The second-order valence-electron chi connectivity index (χ2n) is 6.33. The average Bonchev–Trinajstić information content (AvgIpc) is 2.73. The largest absolute Gasteiger partial charge is 0.338 e. The lowest BCUT2D eigenvalue weighted by molar-refractivity contribution is 0.107. The number of aryl methyl sites for hydroxylation is 1. The summed E-state index contributed by atoms with van der Waals surface area (Å²) in [4.78, 5) is 25.7. The van der Waals surface area contributed by atoms with E-state index in [2.05, 4.69) is 31.9 Å². The van der Waals surface area contributed by atoms with Crippen molar-refractivity contribution in [3.63, 3.8) is 0 Å². The third-order valence-corrected chi connectivity index (χ3v) is 8.70. The van der Waals surface area contributed by atoms with Crippen molar-refractivity contribution in [2.75, 3.05) is 0 Å². The van der Waals surface area contributed by atoms with Crippen molar-refractivity contribution >= 4 is 55.5 Å². The molecule has 27 heavy (non-hydrogen) atoms. The smallest absolute Gasteiger partial charge is 0.243 e. The molecule has 0 aliphatic carbocycles. The highest BCUT2D eigenvalue weighted by Crippen LogP contribution is 2.55. The van der Waals surface area contributed by atoms with Gasteiger partial charge in [0.15, 0.2) is 0 Å². The maximum Gasteiger partial charge on any atom is 0.338 e. The number of benzene rings is 3. The van der Waals surface area contributed by atoms with Gasteiger partial charge in [-0.05, 0) is 47.9 Å². The molecule has 0 aliphatic heterocycles. The lowest BCUT2D eigenvalue weighted by Gasteiger charge is -2.20. The van der Waals surface area contributed by atoms with E-state index < -0.39 is 7.49 Å². The molecule has 2 nitrogen and oxygen atoms in total. The summed E-state index contributed by atoms with van der Waals surface area (Å²) in [5.74, 6) is 0. The fourth-order valence-electron chi connectivity index (χ4n) is 3.26. The van der Waals surface area contributed by atoms with Gasteiger partial charge in [0.2, 0.25) is 0 Å². The minimum Gasteiger partial charge on any atom is -0.243 e. The molecular weight excluding hydrogens is 487 g/mol. The van der Waals surface area contributed by atoms with E-state index in [1.165, 1.54) is 0 Å². The van der Waals surface area contributed by atoms with Crippen LogP contribution in [0.2, 0.25) is 0 Å². The predicted octanol–water partition coefficient (Wildman–Crippen LogP) is 5.50. The van der Waals surface area contributed by atoms with Crippen LogP contribution in [0.15, 0.2) is 72.8 Å². The van der Waals surface area contributed by atoms with Crippen LogP contribution in [-0.2, 0) is 10.7 Å². The molecule has 0 saturated carbocycles. The van der Waals surface area contributed by atoms with Gasteiger partial charge in [0.05, 0.1) is 5.56 Å². The summed E-state index contributed by atoms with van der Waals surface area (Å²) in [7, 11) is -3.25. The number of carbonyl (C=O) groups is 1. The van der Waals surface area contributed by atoms with E-state index >= 15 is 0 Å². The zero-order valence-electron chi connectivity index (χ0n) is 14.9. The normalized spacial score (nSPS) is 11.4. The summed E-state index contributed by atoms with van der Waals surface area (Å²) in [6, 6.07) is 22.6. The van der Waals surface area contributed by atoms with Crippen molar-refractivity contribution in [1.29, 1.82) is 0 Å². The van der Waals surface area contributed by atoms with E-state index in [1.54, 1.807) is 0 Å². The molecule has 0 aromatic heterocycles. The minimum atomic E-state index is -3.25. The standard InChI is InChI=1S/C22H20Br2O2P/c1-16-12-17(14-23)13-18(15-24)21(16)22(25)27(26,19-8-4-2-5-9-19)20-10-6-3-7-11-20/h2-13,26H,14-15H2,1H3/q+1. The van der Waals surface area contributed by atoms with Crippen LogP contribution in [0.4, 0.5) is 0 Å². The Bertz CT molecular complexity index is 904. The van der Waals surface area contributed by atoms with Gasteiger partial charge in [-0.3, -0.25) is 0 Å². The highest BCUT2D eigenvalue weighted by molar-refractivity contribution is 9.08. The summed E-state index contributed by atoms with van der Waals surface area (Å²) < 4.78 is 0. The Morgan fingerprint density at radius 1 is 0.889 bits per heavy atom. The first kappa shape index (κ1) is 20.4. The Morgan fingerprint density at radius 2 is 1.41 bits per heavy atom. The average molecular weight is 507 g/mol. The lowest BCUT2D eigenvalue weighted by atomic mass is 10.0. The molecule has 0 atom stereocenters. The van der Waals surface area contributed by atoms with Gasteiger partial charge in [0, 0.05) is 10.7 Å². The number of rotatable bonds is 6. The van der Waals surface area contributed by atoms with Crippen LogP contribution in [-0.4, -0.2) is 10.4 Å². The molecule has 0 amide bonds. The topological polar surface area (TPSA) is 37.3 Å². The van der Waals surface area contributed by atoms with Crippen LogP contribution < -0.4 is 10.6 Å². The fourth-order valence-corrected chi connectivity index (χ4v) is 6.65. The number of carbonyl (C=O) groups excluding carboxylic acids is 1. The van der Waals surface area contributed by atoms with E-state index in [1.807, 2.05) is 79.7 Å². The molecule has 138 valence electrons. The third kappa shape index (κ3) is 3.95. The van der Waals surface area contributed by atoms with E-state index in [9.17, 15) is 9.69 Å². The number of hydrogen-bond donors (Lipinski definition) is 1. The molecule has 0 aliphatic rings. The van der Waals surface area contributed by atoms with Crippen molar-refractivity contribution in [1.82, 2.24) is 0 Å². The van der Waals surface area contributed by atoms with Gasteiger partial charge in [-0.1, -0.05) is 80.4 Å². The molecule has 1 N–H and O–H groups in total. The zero-order valence-corrected chi connectivity index (χ0v) is 19.0. The maximum absolute atomic E-state index is 13.8. The molecule has 0 saturated heterocycles. The van der Waals surface area contributed by atoms with Gasteiger partial charge in [-0.15, -0.1) is 0 Å². The van der Waals surface area contributed by atoms with Gasteiger partial charge < -0.3 is 0 Å². The van der Waals surface area contributed by atoms with Gasteiger partial charge >= 0.3 is 5.52 Å². The van der Waals surface area contributed by atoms with E-state index in [0.717, 1.165) is 22.0 Å².